The van der Waals surface area contributed by atoms with Crippen LogP contribution in [0.4, 0.5) is 5.95 Å². The summed E-state index contributed by atoms with van der Waals surface area (Å²) >= 11 is 6.04. The Hall–Kier alpha value is -3.50. The van der Waals surface area contributed by atoms with Gasteiger partial charge in [0.25, 0.3) is 0 Å². The molecule has 198 valence electrons. The Morgan fingerprint density at radius 3 is 2.18 bits per heavy atom. The molecule has 4 aromatic rings. The van der Waals surface area contributed by atoms with E-state index in [0.717, 1.165) is 26.7 Å². The lowest BCUT2D eigenvalue weighted by molar-refractivity contribution is -0.116. The lowest BCUT2D eigenvalue weighted by Crippen LogP contribution is -2.40. The molecule has 0 aliphatic carbocycles. The molecule has 1 aromatic heterocycles. The number of carbonyl (C=O) groups excluding carboxylic acids is 1. The molecule has 4 rings (SSSR count). The highest BCUT2D eigenvalue weighted by Gasteiger charge is 2.27. The molecule has 0 saturated heterocycles. The van der Waals surface area contributed by atoms with Gasteiger partial charge >= 0.3 is 0 Å². The zero-order valence-electron chi connectivity index (χ0n) is 21.4. The van der Waals surface area contributed by atoms with Crippen molar-refractivity contribution in [2.24, 2.45) is 0 Å². The second-order valence-corrected chi connectivity index (χ2v) is 11.2. The minimum absolute atomic E-state index is 0.0164. The molecule has 0 aliphatic heterocycles. The normalized spacial score (nSPS) is 11.6. The first-order valence-electron chi connectivity index (χ1n) is 12.0. The Kier molecular flexibility index (Phi) is 8.63. The summed E-state index contributed by atoms with van der Waals surface area (Å²) in [5.41, 5.74) is 4.26. The number of aromatic nitrogens is 2. The maximum atomic E-state index is 13.3. The summed E-state index contributed by atoms with van der Waals surface area (Å²) in [6.45, 7) is 3.61. The Morgan fingerprint density at radius 2 is 1.58 bits per heavy atom. The Labute approximate surface area is 227 Å². The quantitative estimate of drug-likeness (QED) is 0.296. The van der Waals surface area contributed by atoms with Crippen LogP contribution in [0.2, 0.25) is 5.02 Å². The number of halogens is 1. The summed E-state index contributed by atoms with van der Waals surface area (Å²) in [5, 5.41) is 3.41. The van der Waals surface area contributed by atoms with Crippen LogP contribution in [-0.4, -0.2) is 55.0 Å². The third kappa shape index (κ3) is 6.49. The second-order valence-electron chi connectivity index (χ2n) is 8.85. The SMILES string of the molecule is COCCN(CC(=O)Nc1nc(-c2ccc(Cl)cc2)cn1-c1ccc(C)cc1)S(=O)(=O)c1ccc(C)cc1. The fraction of sp³-hybridized carbons (Fsp3) is 0.214. The number of hydrogen-bond donors (Lipinski definition) is 1. The Balaban J connectivity index is 1.64. The molecule has 0 saturated carbocycles. The molecule has 1 N–H and O–H groups in total. The molecule has 1 amide bonds. The second kappa shape index (κ2) is 11.9. The minimum Gasteiger partial charge on any atom is -0.383 e. The van der Waals surface area contributed by atoms with Crippen molar-refractivity contribution in [1.82, 2.24) is 13.9 Å². The van der Waals surface area contributed by atoms with E-state index in [2.05, 4.69) is 10.3 Å². The van der Waals surface area contributed by atoms with E-state index in [0.29, 0.717) is 10.7 Å². The summed E-state index contributed by atoms with van der Waals surface area (Å²) in [5.74, 6) is -0.262. The number of anilines is 1. The molecule has 10 heteroatoms. The van der Waals surface area contributed by atoms with Gasteiger partial charge in [-0.25, -0.2) is 13.4 Å². The average molecular weight is 553 g/mol. The Morgan fingerprint density at radius 1 is 0.974 bits per heavy atom. The molecule has 0 unspecified atom stereocenters. The average Bonchev–Trinajstić information content (AvgIpc) is 3.31. The van der Waals surface area contributed by atoms with E-state index < -0.39 is 22.5 Å². The van der Waals surface area contributed by atoms with Gasteiger partial charge in [-0.2, -0.15) is 4.31 Å². The number of carbonyl (C=O) groups is 1. The van der Waals surface area contributed by atoms with Gasteiger partial charge in [-0.3, -0.25) is 14.7 Å². The van der Waals surface area contributed by atoms with Gasteiger partial charge in [0.1, 0.15) is 0 Å². The first-order chi connectivity index (χ1) is 18.2. The monoisotopic (exact) mass is 552 g/mol. The number of rotatable bonds is 10. The number of hydrogen-bond acceptors (Lipinski definition) is 5. The molecular formula is C28H29ClN4O4S. The van der Waals surface area contributed by atoms with Gasteiger partial charge < -0.3 is 4.74 Å². The van der Waals surface area contributed by atoms with Gasteiger partial charge in [-0.1, -0.05) is 59.1 Å². The summed E-state index contributed by atoms with van der Waals surface area (Å²) in [4.78, 5) is 18.0. The van der Waals surface area contributed by atoms with Gasteiger partial charge in [0, 0.05) is 36.1 Å². The van der Waals surface area contributed by atoms with Crippen LogP contribution < -0.4 is 5.32 Å². The molecule has 3 aromatic carbocycles. The van der Waals surface area contributed by atoms with E-state index in [1.54, 1.807) is 28.8 Å². The van der Waals surface area contributed by atoms with Crippen LogP contribution in [0.15, 0.2) is 83.9 Å². The van der Waals surface area contributed by atoms with Crippen LogP contribution in [-0.2, 0) is 19.6 Å². The maximum absolute atomic E-state index is 13.3. The van der Waals surface area contributed by atoms with Gasteiger partial charge in [0.2, 0.25) is 21.9 Å². The van der Waals surface area contributed by atoms with Crippen LogP contribution in [0, 0.1) is 13.8 Å². The number of amides is 1. The van der Waals surface area contributed by atoms with E-state index in [4.69, 9.17) is 16.3 Å². The van der Waals surface area contributed by atoms with Crippen LogP contribution >= 0.6 is 11.6 Å². The molecule has 0 bridgehead atoms. The third-order valence-electron chi connectivity index (χ3n) is 5.93. The number of methoxy groups -OCH3 is 1. The molecular weight excluding hydrogens is 524 g/mol. The van der Waals surface area contributed by atoms with Crippen molar-refractivity contribution < 1.29 is 17.9 Å². The molecule has 0 atom stereocenters. The van der Waals surface area contributed by atoms with E-state index >= 15 is 0 Å². The lowest BCUT2D eigenvalue weighted by Gasteiger charge is -2.21. The number of nitrogens with one attached hydrogen (secondary N) is 1. The van der Waals surface area contributed by atoms with Crippen molar-refractivity contribution in [2.45, 2.75) is 18.7 Å². The zero-order valence-corrected chi connectivity index (χ0v) is 23.0. The van der Waals surface area contributed by atoms with Crippen molar-refractivity contribution in [1.29, 1.82) is 0 Å². The summed E-state index contributed by atoms with van der Waals surface area (Å²) in [6.07, 6.45) is 1.81. The lowest BCUT2D eigenvalue weighted by atomic mass is 10.2. The van der Waals surface area contributed by atoms with Crippen LogP contribution in [0.3, 0.4) is 0 Å². The van der Waals surface area contributed by atoms with Gasteiger partial charge in [0.15, 0.2) is 0 Å². The van der Waals surface area contributed by atoms with E-state index in [-0.39, 0.29) is 24.0 Å². The molecule has 0 aliphatic rings. The van der Waals surface area contributed by atoms with Crippen molar-refractivity contribution in [3.63, 3.8) is 0 Å². The number of benzene rings is 3. The smallest absolute Gasteiger partial charge is 0.243 e. The summed E-state index contributed by atoms with van der Waals surface area (Å²) in [7, 11) is -2.45. The molecule has 38 heavy (non-hydrogen) atoms. The van der Waals surface area contributed by atoms with Crippen molar-refractivity contribution in [3.05, 3.63) is 95.1 Å². The number of aryl methyl sites for hydroxylation is 2. The van der Waals surface area contributed by atoms with E-state index in [1.165, 1.54) is 19.2 Å². The third-order valence-corrected chi connectivity index (χ3v) is 8.04. The highest BCUT2D eigenvalue weighted by atomic mass is 35.5. The van der Waals surface area contributed by atoms with Crippen molar-refractivity contribution in [3.8, 4) is 16.9 Å². The predicted molar refractivity (Wildman–Crippen MR) is 149 cm³/mol. The summed E-state index contributed by atoms with van der Waals surface area (Å²) in [6, 6.07) is 21.5. The van der Waals surface area contributed by atoms with Gasteiger partial charge in [0.05, 0.1) is 23.7 Å². The first-order valence-corrected chi connectivity index (χ1v) is 13.8. The van der Waals surface area contributed by atoms with Crippen molar-refractivity contribution >= 4 is 33.5 Å². The van der Waals surface area contributed by atoms with E-state index in [1.807, 2.05) is 56.4 Å². The predicted octanol–water partition coefficient (Wildman–Crippen LogP) is 5.09. The minimum atomic E-state index is -3.93. The highest BCUT2D eigenvalue weighted by Crippen LogP contribution is 2.26. The standard InChI is InChI=1S/C28H29ClN4O4S/c1-20-4-12-24(13-5-20)33-18-26(22-8-10-23(29)11-9-22)30-28(33)31-27(34)19-32(16-17-37-3)38(35,36)25-14-6-21(2)7-15-25/h4-15,18H,16-17,19H2,1-3H3,(H,30,31,34). The number of imidazole rings is 1. The molecule has 0 spiro atoms. The molecule has 1 heterocycles. The molecule has 0 radical (unpaired) electrons. The summed E-state index contributed by atoms with van der Waals surface area (Å²) < 4.78 is 34.6. The van der Waals surface area contributed by atoms with Gasteiger partial charge in [-0.15, -0.1) is 0 Å². The Bertz CT molecular complexity index is 1500. The van der Waals surface area contributed by atoms with Crippen molar-refractivity contribution in [2.75, 3.05) is 32.1 Å². The number of nitrogens with zero attached hydrogens (tertiary/aromatic N) is 3. The number of ether oxygens (including phenoxy) is 1. The fourth-order valence-electron chi connectivity index (χ4n) is 3.79. The largest absolute Gasteiger partial charge is 0.383 e. The van der Waals surface area contributed by atoms with Crippen LogP contribution in [0.1, 0.15) is 11.1 Å². The van der Waals surface area contributed by atoms with Crippen LogP contribution in [0.5, 0.6) is 0 Å². The highest BCUT2D eigenvalue weighted by molar-refractivity contribution is 7.89. The maximum Gasteiger partial charge on any atom is 0.243 e. The number of sulfonamides is 1. The van der Waals surface area contributed by atoms with E-state index in [9.17, 15) is 13.2 Å². The van der Waals surface area contributed by atoms with Crippen LogP contribution in [0.25, 0.3) is 16.9 Å². The fourth-order valence-corrected chi connectivity index (χ4v) is 5.30. The molecule has 8 nitrogen and oxygen atoms in total. The van der Waals surface area contributed by atoms with Gasteiger partial charge in [-0.05, 0) is 50.2 Å². The first kappa shape index (κ1) is 27.5. The zero-order chi connectivity index (χ0) is 27.3. The molecule has 0 fully saturated rings. The topological polar surface area (TPSA) is 93.5 Å².